The van der Waals surface area contributed by atoms with Crippen molar-refractivity contribution in [3.05, 3.63) is 18.0 Å². The molecule has 2 N–H and O–H groups in total. The lowest BCUT2D eigenvalue weighted by Gasteiger charge is -2.11. The van der Waals surface area contributed by atoms with E-state index in [0.717, 1.165) is 19.4 Å². The summed E-state index contributed by atoms with van der Waals surface area (Å²) in [5.74, 6) is 0.372. The van der Waals surface area contributed by atoms with E-state index in [2.05, 4.69) is 20.6 Å². The lowest BCUT2D eigenvalue weighted by atomic mass is 10.2. The van der Waals surface area contributed by atoms with Gasteiger partial charge in [0.1, 0.15) is 0 Å². The molecular weight excluding hydrogens is 244 g/mol. The molecule has 0 bridgehead atoms. The lowest BCUT2D eigenvalue weighted by molar-refractivity contribution is 0.0942. The number of nitrogens with one attached hydrogen (secondary N) is 2. The molecule has 1 fully saturated rings. The van der Waals surface area contributed by atoms with E-state index in [1.807, 2.05) is 13.8 Å². The maximum atomic E-state index is 11.7. The Morgan fingerprint density at radius 2 is 2.21 bits per heavy atom. The Morgan fingerprint density at radius 1 is 1.47 bits per heavy atom. The molecule has 1 aromatic heterocycles. The molecule has 2 rings (SSSR count). The topological polar surface area (TPSA) is 76.1 Å². The minimum atomic E-state index is -0.152. The second kappa shape index (κ2) is 6.47. The van der Waals surface area contributed by atoms with E-state index in [4.69, 9.17) is 4.74 Å². The van der Waals surface area contributed by atoms with Gasteiger partial charge in [-0.2, -0.15) is 0 Å². The molecule has 6 heteroatoms. The molecule has 1 amide bonds. The zero-order valence-electron chi connectivity index (χ0n) is 11.3. The first-order valence-corrected chi connectivity index (χ1v) is 6.63. The Kier molecular flexibility index (Phi) is 4.68. The number of aromatic nitrogens is 2. The van der Waals surface area contributed by atoms with Gasteiger partial charge < -0.3 is 15.4 Å². The molecule has 1 aromatic rings. The van der Waals surface area contributed by atoms with Crippen LogP contribution in [0, 0.1) is 0 Å². The van der Waals surface area contributed by atoms with E-state index in [1.165, 1.54) is 12.4 Å². The first-order chi connectivity index (χ1) is 9.15. The monoisotopic (exact) mass is 264 g/mol. The van der Waals surface area contributed by atoms with Crippen molar-refractivity contribution in [2.75, 3.05) is 18.5 Å². The van der Waals surface area contributed by atoms with Crippen LogP contribution in [0.15, 0.2) is 12.4 Å². The number of carbonyl (C=O) groups excluding carboxylic acids is 1. The third-order valence-electron chi connectivity index (χ3n) is 2.85. The molecule has 19 heavy (non-hydrogen) atoms. The highest BCUT2D eigenvalue weighted by Gasteiger charge is 2.15. The van der Waals surface area contributed by atoms with Gasteiger partial charge in [-0.05, 0) is 26.7 Å². The molecule has 1 aliphatic rings. The van der Waals surface area contributed by atoms with Crippen molar-refractivity contribution in [2.24, 2.45) is 0 Å². The fourth-order valence-electron chi connectivity index (χ4n) is 1.89. The van der Waals surface area contributed by atoms with E-state index >= 15 is 0 Å². The van der Waals surface area contributed by atoms with Crippen molar-refractivity contribution >= 4 is 11.9 Å². The van der Waals surface area contributed by atoms with E-state index in [0.29, 0.717) is 18.1 Å². The number of hydrogen-bond acceptors (Lipinski definition) is 5. The van der Waals surface area contributed by atoms with Gasteiger partial charge in [-0.25, -0.2) is 9.97 Å². The summed E-state index contributed by atoms with van der Waals surface area (Å²) >= 11 is 0. The maximum Gasteiger partial charge on any atom is 0.254 e. The average Bonchev–Trinajstić information content (AvgIpc) is 2.89. The van der Waals surface area contributed by atoms with Gasteiger partial charge in [0, 0.05) is 31.6 Å². The number of nitrogens with zero attached hydrogens (tertiary/aromatic N) is 2. The van der Waals surface area contributed by atoms with Crippen LogP contribution in [0.4, 0.5) is 5.95 Å². The number of hydrogen-bond donors (Lipinski definition) is 2. The Bertz CT molecular complexity index is 413. The van der Waals surface area contributed by atoms with Gasteiger partial charge in [0.15, 0.2) is 0 Å². The van der Waals surface area contributed by atoms with Gasteiger partial charge in [-0.3, -0.25) is 4.79 Å². The second-order valence-corrected chi connectivity index (χ2v) is 4.94. The normalized spacial score (nSPS) is 18.6. The molecule has 0 aliphatic carbocycles. The molecule has 6 nitrogen and oxygen atoms in total. The van der Waals surface area contributed by atoms with Gasteiger partial charge in [0.25, 0.3) is 5.91 Å². The van der Waals surface area contributed by atoms with Crippen LogP contribution in [0.2, 0.25) is 0 Å². The fourth-order valence-corrected chi connectivity index (χ4v) is 1.89. The van der Waals surface area contributed by atoms with Gasteiger partial charge in [0.2, 0.25) is 5.95 Å². The largest absolute Gasteiger partial charge is 0.376 e. The third-order valence-corrected chi connectivity index (χ3v) is 2.85. The fraction of sp³-hybridized carbons (Fsp3) is 0.615. The molecule has 104 valence electrons. The predicted octanol–water partition coefficient (Wildman–Crippen LogP) is 1.21. The molecule has 0 radical (unpaired) electrons. The summed E-state index contributed by atoms with van der Waals surface area (Å²) < 4.78 is 5.50. The molecular formula is C13H20N4O2. The van der Waals surface area contributed by atoms with Crippen LogP contribution >= 0.6 is 0 Å². The predicted molar refractivity (Wildman–Crippen MR) is 72.1 cm³/mol. The van der Waals surface area contributed by atoms with Crippen LogP contribution in [-0.4, -0.2) is 41.2 Å². The highest BCUT2D eigenvalue weighted by atomic mass is 16.5. The molecule has 0 aromatic carbocycles. The minimum absolute atomic E-state index is 0.102. The molecule has 1 aliphatic heterocycles. The van der Waals surface area contributed by atoms with Crippen molar-refractivity contribution in [1.82, 2.24) is 15.3 Å². The van der Waals surface area contributed by atoms with Crippen molar-refractivity contribution in [1.29, 1.82) is 0 Å². The Labute approximate surface area is 113 Å². The summed E-state index contributed by atoms with van der Waals surface area (Å²) in [7, 11) is 0. The summed E-state index contributed by atoms with van der Waals surface area (Å²) in [5, 5.41) is 5.91. The van der Waals surface area contributed by atoms with Crippen molar-refractivity contribution in [3.63, 3.8) is 0 Å². The van der Waals surface area contributed by atoms with Gasteiger partial charge in [-0.15, -0.1) is 0 Å². The molecule has 0 spiro atoms. The van der Waals surface area contributed by atoms with E-state index < -0.39 is 0 Å². The van der Waals surface area contributed by atoms with Crippen LogP contribution < -0.4 is 10.6 Å². The minimum Gasteiger partial charge on any atom is -0.376 e. The first kappa shape index (κ1) is 13.7. The number of rotatable bonds is 5. The SMILES string of the molecule is CC(C)NC(=O)c1cnc(NCC2CCCO2)nc1. The lowest BCUT2D eigenvalue weighted by Crippen LogP contribution is -2.30. The van der Waals surface area contributed by atoms with Crippen molar-refractivity contribution < 1.29 is 9.53 Å². The van der Waals surface area contributed by atoms with Gasteiger partial charge >= 0.3 is 0 Å². The van der Waals surface area contributed by atoms with E-state index in [-0.39, 0.29) is 18.1 Å². The summed E-state index contributed by atoms with van der Waals surface area (Å²) in [5.41, 5.74) is 0.469. The van der Waals surface area contributed by atoms with Gasteiger partial charge in [-0.1, -0.05) is 0 Å². The van der Waals surface area contributed by atoms with Gasteiger partial charge in [0.05, 0.1) is 11.7 Å². The van der Waals surface area contributed by atoms with Crippen molar-refractivity contribution in [2.45, 2.75) is 38.8 Å². The summed E-state index contributed by atoms with van der Waals surface area (Å²) in [4.78, 5) is 20.0. The zero-order valence-corrected chi connectivity index (χ0v) is 11.3. The summed E-state index contributed by atoms with van der Waals surface area (Å²) in [6.07, 6.45) is 5.49. The van der Waals surface area contributed by atoms with Crippen LogP contribution in [0.5, 0.6) is 0 Å². The molecule has 1 atom stereocenters. The van der Waals surface area contributed by atoms with Crippen LogP contribution in [0.25, 0.3) is 0 Å². The van der Waals surface area contributed by atoms with Crippen molar-refractivity contribution in [3.8, 4) is 0 Å². The molecule has 0 saturated carbocycles. The highest BCUT2D eigenvalue weighted by molar-refractivity contribution is 5.93. The van der Waals surface area contributed by atoms with Crippen LogP contribution in [-0.2, 0) is 4.74 Å². The molecule has 1 unspecified atom stereocenters. The third kappa shape index (κ3) is 4.17. The van der Waals surface area contributed by atoms with Crippen LogP contribution in [0.3, 0.4) is 0 Å². The number of anilines is 1. The summed E-state index contributed by atoms with van der Waals surface area (Å²) in [6.45, 7) is 5.37. The Morgan fingerprint density at radius 3 is 2.79 bits per heavy atom. The Hall–Kier alpha value is -1.69. The second-order valence-electron chi connectivity index (χ2n) is 4.94. The standard InChI is InChI=1S/C13H20N4O2/c1-9(2)17-12(18)10-6-14-13(15-7-10)16-8-11-4-3-5-19-11/h6-7,9,11H,3-5,8H2,1-2H3,(H,17,18)(H,14,15,16). The number of amides is 1. The maximum absolute atomic E-state index is 11.7. The van der Waals surface area contributed by atoms with E-state index in [1.54, 1.807) is 0 Å². The number of ether oxygens (including phenoxy) is 1. The first-order valence-electron chi connectivity index (χ1n) is 6.63. The average molecular weight is 264 g/mol. The quantitative estimate of drug-likeness (QED) is 0.836. The van der Waals surface area contributed by atoms with Crippen LogP contribution in [0.1, 0.15) is 37.0 Å². The molecule has 1 saturated heterocycles. The smallest absolute Gasteiger partial charge is 0.254 e. The highest BCUT2D eigenvalue weighted by Crippen LogP contribution is 2.12. The molecule has 2 heterocycles. The zero-order chi connectivity index (χ0) is 13.7. The Balaban J connectivity index is 1.85. The van der Waals surface area contributed by atoms with E-state index in [9.17, 15) is 4.79 Å². The number of carbonyl (C=O) groups is 1. The summed E-state index contributed by atoms with van der Waals surface area (Å²) in [6, 6.07) is 0.102.